The Morgan fingerprint density at radius 1 is 1.30 bits per heavy atom. The summed E-state index contributed by atoms with van der Waals surface area (Å²) < 4.78 is 17.8. The Hall–Kier alpha value is -2.15. The van der Waals surface area contributed by atoms with Crippen LogP contribution < -0.4 is 5.32 Å². The van der Waals surface area contributed by atoms with Crippen LogP contribution in [0.3, 0.4) is 0 Å². The predicted octanol–water partition coefficient (Wildman–Crippen LogP) is 1.62. The maximum Gasteiger partial charge on any atom is 0.340 e. The van der Waals surface area contributed by atoms with E-state index in [1.165, 1.54) is 11.0 Å². The van der Waals surface area contributed by atoms with Crippen LogP contribution in [0.15, 0.2) is 18.2 Å². The van der Waals surface area contributed by atoms with Gasteiger partial charge in [0.15, 0.2) is 6.61 Å². The smallest absolute Gasteiger partial charge is 0.340 e. The first kappa shape index (κ1) is 18.9. The van der Waals surface area contributed by atoms with Crippen molar-refractivity contribution in [2.45, 2.75) is 13.8 Å². The van der Waals surface area contributed by atoms with Crippen LogP contribution in [0.25, 0.3) is 0 Å². The van der Waals surface area contributed by atoms with Gasteiger partial charge in [0.05, 0.1) is 17.1 Å². The predicted molar refractivity (Wildman–Crippen MR) is 82.6 cm³/mol. The van der Waals surface area contributed by atoms with E-state index in [0.29, 0.717) is 13.1 Å². The van der Waals surface area contributed by atoms with Crippen LogP contribution in [0.1, 0.15) is 24.2 Å². The maximum atomic E-state index is 12.9. The first-order valence-electron chi connectivity index (χ1n) is 7.05. The second-order valence-corrected chi connectivity index (χ2v) is 4.97. The first-order chi connectivity index (χ1) is 10.9. The second kappa shape index (κ2) is 9.09. The van der Waals surface area contributed by atoms with E-state index in [0.717, 1.165) is 12.1 Å². The van der Waals surface area contributed by atoms with Gasteiger partial charge >= 0.3 is 5.97 Å². The fraction of sp³-hybridized carbons (Fsp3) is 0.400. The number of amides is 2. The van der Waals surface area contributed by atoms with Crippen molar-refractivity contribution >= 4 is 29.4 Å². The molecule has 1 aromatic carbocycles. The number of rotatable bonds is 7. The number of esters is 1. The van der Waals surface area contributed by atoms with Crippen LogP contribution >= 0.6 is 11.6 Å². The Morgan fingerprint density at radius 3 is 2.57 bits per heavy atom. The molecule has 6 nitrogen and oxygen atoms in total. The number of likely N-dealkylation sites (N-methyl/N-ethyl adjacent to an activating group) is 2. The van der Waals surface area contributed by atoms with Gasteiger partial charge in [0.25, 0.3) is 5.91 Å². The Labute approximate surface area is 138 Å². The Bertz CT molecular complexity index is 595. The van der Waals surface area contributed by atoms with E-state index in [1.54, 1.807) is 13.8 Å². The number of hydrogen-bond donors (Lipinski definition) is 1. The average Bonchev–Trinajstić information content (AvgIpc) is 2.50. The molecular weight excluding hydrogens is 327 g/mol. The molecule has 0 saturated heterocycles. The van der Waals surface area contributed by atoms with E-state index in [2.05, 4.69) is 5.32 Å². The molecule has 1 rings (SSSR count). The lowest BCUT2D eigenvalue weighted by molar-refractivity contribution is -0.138. The van der Waals surface area contributed by atoms with E-state index in [4.69, 9.17) is 16.3 Å². The number of carbonyl (C=O) groups excluding carboxylic acids is 3. The number of nitrogens with zero attached hydrogens (tertiary/aromatic N) is 1. The fourth-order valence-corrected chi connectivity index (χ4v) is 2.00. The molecule has 0 fully saturated rings. The summed E-state index contributed by atoms with van der Waals surface area (Å²) >= 11 is 5.74. The molecule has 1 aromatic rings. The molecule has 0 unspecified atom stereocenters. The van der Waals surface area contributed by atoms with Crippen molar-refractivity contribution in [3.8, 4) is 0 Å². The van der Waals surface area contributed by atoms with E-state index < -0.39 is 24.3 Å². The van der Waals surface area contributed by atoms with Crippen molar-refractivity contribution < 1.29 is 23.5 Å². The minimum atomic E-state index is -0.836. The number of ether oxygens (including phenoxy) is 1. The van der Waals surface area contributed by atoms with Crippen molar-refractivity contribution in [1.82, 2.24) is 10.2 Å². The first-order valence-corrected chi connectivity index (χ1v) is 7.43. The number of benzene rings is 1. The summed E-state index contributed by atoms with van der Waals surface area (Å²) in [5, 5.41) is 2.48. The SMILES string of the molecule is CCNC(=O)CN(CC)C(=O)COC(=O)c1ccc(F)cc1Cl. The third kappa shape index (κ3) is 5.86. The van der Waals surface area contributed by atoms with Crippen molar-refractivity contribution in [2.75, 3.05) is 26.2 Å². The third-order valence-corrected chi connectivity index (χ3v) is 3.23. The van der Waals surface area contributed by atoms with Gasteiger partial charge in [-0.2, -0.15) is 0 Å². The third-order valence-electron chi connectivity index (χ3n) is 2.92. The second-order valence-electron chi connectivity index (χ2n) is 4.56. The minimum Gasteiger partial charge on any atom is -0.452 e. The van der Waals surface area contributed by atoms with Crippen LogP contribution in [0.2, 0.25) is 5.02 Å². The summed E-state index contributed by atoms with van der Waals surface area (Å²) in [7, 11) is 0. The number of hydrogen-bond acceptors (Lipinski definition) is 4. The van der Waals surface area contributed by atoms with Crippen LogP contribution in [0, 0.1) is 5.82 Å². The Morgan fingerprint density at radius 2 is 2.00 bits per heavy atom. The highest BCUT2D eigenvalue weighted by atomic mass is 35.5. The highest BCUT2D eigenvalue weighted by Gasteiger charge is 2.19. The molecule has 8 heteroatoms. The molecule has 0 aromatic heterocycles. The van der Waals surface area contributed by atoms with Crippen LogP contribution in [0.5, 0.6) is 0 Å². The fourth-order valence-electron chi connectivity index (χ4n) is 1.75. The topological polar surface area (TPSA) is 75.7 Å². The number of halogens is 2. The molecule has 0 radical (unpaired) electrons. The van der Waals surface area contributed by atoms with Gasteiger partial charge in [0, 0.05) is 13.1 Å². The van der Waals surface area contributed by atoms with Gasteiger partial charge in [-0.3, -0.25) is 9.59 Å². The molecule has 126 valence electrons. The van der Waals surface area contributed by atoms with E-state index in [9.17, 15) is 18.8 Å². The molecule has 0 atom stereocenters. The molecule has 0 aliphatic heterocycles. The van der Waals surface area contributed by atoms with Gasteiger partial charge in [-0.25, -0.2) is 9.18 Å². The maximum absolute atomic E-state index is 12.9. The standard InChI is InChI=1S/C15H18ClFN2O4/c1-3-18-13(20)8-19(4-2)14(21)9-23-15(22)11-6-5-10(17)7-12(11)16/h5-7H,3-4,8-9H2,1-2H3,(H,18,20). The van der Waals surface area contributed by atoms with Gasteiger partial charge in [0.1, 0.15) is 5.82 Å². The molecule has 1 N–H and O–H groups in total. The molecule has 0 saturated carbocycles. The Balaban J connectivity index is 2.59. The van der Waals surface area contributed by atoms with Gasteiger partial charge in [-0.15, -0.1) is 0 Å². The summed E-state index contributed by atoms with van der Waals surface area (Å²) in [4.78, 5) is 36.5. The van der Waals surface area contributed by atoms with Gasteiger partial charge in [0.2, 0.25) is 5.91 Å². The Kier molecular flexibility index (Phi) is 7.47. The van der Waals surface area contributed by atoms with Crippen molar-refractivity contribution in [1.29, 1.82) is 0 Å². The highest BCUT2D eigenvalue weighted by Crippen LogP contribution is 2.18. The largest absolute Gasteiger partial charge is 0.452 e. The van der Waals surface area contributed by atoms with Crippen LogP contribution in [-0.2, 0) is 14.3 Å². The van der Waals surface area contributed by atoms with E-state index in [1.807, 2.05) is 0 Å². The zero-order valence-electron chi connectivity index (χ0n) is 12.9. The van der Waals surface area contributed by atoms with E-state index >= 15 is 0 Å². The minimum absolute atomic E-state index is 0.0346. The monoisotopic (exact) mass is 344 g/mol. The van der Waals surface area contributed by atoms with Crippen molar-refractivity contribution in [3.63, 3.8) is 0 Å². The molecule has 2 amide bonds. The molecular formula is C15H18ClFN2O4. The summed E-state index contributed by atoms with van der Waals surface area (Å²) in [6, 6.07) is 3.22. The van der Waals surface area contributed by atoms with Gasteiger partial charge in [-0.05, 0) is 32.0 Å². The molecule has 0 aliphatic carbocycles. The van der Waals surface area contributed by atoms with Crippen molar-refractivity contribution in [2.24, 2.45) is 0 Å². The zero-order valence-corrected chi connectivity index (χ0v) is 13.7. The summed E-state index contributed by atoms with van der Waals surface area (Å²) in [6.07, 6.45) is 0. The lowest BCUT2D eigenvalue weighted by atomic mass is 10.2. The summed E-state index contributed by atoms with van der Waals surface area (Å²) in [6.45, 7) is 3.59. The molecule has 0 bridgehead atoms. The normalized spacial score (nSPS) is 10.1. The lowest BCUT2D eigenvalue weighted by Gasteiger charge is -2.20. The van der Waals surface area contributed by atoms with E-state index in [-0.39, 0.29) is 23.0 Å². The summed E-state index contributed by atoms with van der Waals surface area (Å²) in [5.74, 6) is -2.22. The van der Waals surface area contributed by atoms with Gasteiger partial charge < -0.3 is 15.0 Å². The van der Waals surface area contributed by atoms with Crippen LogP contribution in [0.4, 0.5) is 4.39 Å². The number of carbonyl (C=O) groups is 3. The van der Waals surface area contributed by atoms with Crippen LogP contribution in [-0.4, -0.2) is 48.9 Å². The van der Waals surface area contributed by atoms with Crippen molar-refractivity contribution in [3.05, 3.63) is 34.6 Å². The molecule has 23 heavy (non-hydrogen) atoms. The quantitative estimate of drug-likeness (QED) is 0.763. The molecule has 0 spiro atoms. The number of nitrogens with one attached hydrogen (secondary N) is 1. The molecule has 0 aliphatic rings. The highest BCUT2D eigenvalue weighted by molar-refractivity contribution is 6.33. The molecule has 0 heterocycles. The zero-order chi connectivity index (χ0) is 17.4. The van der Waals surface area contributed by atoms with Gasteiger partial charge in [-0.1, -0.05) is 11.6 Å². The summed E-state index contributed by atoms with van der Waals surface area (Å²) in [5.41, 5.74) is -0.0346. The average molecular weight is 345 g/mol. The lowest BCUT2D eigenvalue weighted by Crippen LogP contribution is -2.42.